The Bertz CT molecular complexity index is 1590. The van der Waals surface area contributed by atoms with Gasteiger partial charge in [0.25, 0.3) is 0 Å². The Labute approximate surface area is 283 Å². The van der Waals surface area contributed by atoms with Crippen LogP contribution in [-0.2, 0) is 6.54 Å². The van der Waals surface area contributed by atoms with Crippen LogP contribution < -0.4 is 0 Å². The monoisotopic (exact) mass is 659 g/mol. The molecule has 0 aliphatic carbocycles. The van der Waals surface area contributed by atoms with E-state index in [0.29, 0.717) is 5.02 Å². The van der Waals surface area contributed by atoms with Gasteiger partial charge in [-0.25, -0.2) is 9.98 Å². The number of rotatable bonds is 12. The fourth-order valence-electron chi connectivity index (χ4n) is 6.28. The molecule has 0 saturated carbocycles. The Hall–Kier alpha value is -2.42. The molecule has 3 heterocycles. The molecule has 2 aliphatic heterocycles. The highest BCUT2D eigenvalue weighted by atomic mass is 35.5. The summed E-state index contributed by atoms with van der Waals surface area (Å²) >= 11 is 10.5. The maximum atomic E-state index is 7.21. The van der Waals surface area contributed by atoms with Crippen LogP contribution >= 0.6 is 35.1 Å². The Morgan fingerprint density at radius 3 is 2.29 bits per heavy atom. The summed E-state index contributed by atoms with van der Waals surface area (Å²) in [6.45, 7) is 19.4. The van der Waals surface area contributed by atoms with Gasteiger partial charge in [0.1, 0.15) is 10.1 Å². The zero-order valence-electron chi connectivity index (χ0n) is 27.6. The van der Waals surface area contributed by atoms with Gasteiger partial charge in [-0.05, 0) is 54.9 Å². The molecule has 0 radical (unpaired) electrons. The zero-order valence-corrected chi connectivity index (χ0v) is 30.0. The lowest BCUT2D eigenvalue weighted by atomic mass is 9.93. The molecule has 5 nitrogen and oxygen atoms in total. The summed E-state index contributed by atoms with van der Waals surface area (Å²) < 4.78 is 0. The molecule has 0 N–H and O–H groups in total. The minimum absolute atomic E-state index is 0.695. The van der Waals surface area contributed by atoms with Gasteiger partial charge in [-0.3, -0.25) is 14.8 Å². The van der Waals surface area contributed by atoms with Crippen molar-refractivity contribution in [1.82, 2.24) is 19.8 Å². The van der Waals surface area contributed by atoms with Crippen molar-refractivity contribution in [3.05, 3.63) is 82.7 Å². The van der Waals surface area contributed by atoms with Crippen LogP contribution in [0.2, 0.25) is 5.02 Å². The van der Waals surface area contributed by atoms with E-state index in [0.717, 1.165) is 112 Å². The summed E-state index contributed by atoms with van der Waals surface area (Å²) in [5.74, 6) is 1.63. The van der Waals surface area contributed by atoms with Gasteiger partial charge in [0.15, 0.2) is 0 Å². The van der Waals surface area contributed by atoms with Gasteiger partial charge in [-0.1, -0.05) is 87.3 Å². The number of aromatic nitrogens is 2. The molecule has 2 aromatic carbocycles. The van der Waals surface area contributed by atoms with Crippen LogP contribution in [0.5, 0.6) is 0 Å². The minimum atomic E-state index is 0.695. The molecular formula is C37H46ClN5S2. The van der Waals surface area contributed by atoms with Gasteiger partial charge >= 0.3 is 0 Å². The first-order valence-corrected chi connectivity index (χ1v) is 18.8. The van der Waals surface area contributed by atoms with Gasteiger partial charge in [-0.15, -0.1) is 23.5 Å². The second kappa shape index (κ2) is 15.4. The van der Waals surface area contributed by atoms with Crippen molar-refractivity contribution in [2.24, 2.45) is 16.8 Å². The lowest BCUT2D eigenvalue weighted by Gasteiger charge is -2.39. The number of thioether (sulfide) groups is 2. The number of aliphatic imine (C=N–C) groups is 1. The Balaban J connectivity index is 1.40. The van der Waals surface area contributed by atoms with E-state index in [1.807, 2.05) is 19.2 Å². The standard InChI is InChI=1S/C37H46ClN5S2/c1-8-26-19-42(20-26)18-24(4)36(44-6)40-32(10-3)31-16-12-15-30(35(31)38)28-13-11-14-29(25(28)5)33-17-39-34(37(41-33)45-7)23-43-21-27(9-2)22-43/h10-17,26-27H,4,8-9,18-23H2,1-3,5-7H3/b32-10-,40-36?. The fourth-order valence-corrected chi connectivity index (χ4v) is 7.69. The smallest absolute Gasteiger partial charge is 0.119 e. The molecule has 0 unspecified atom stereocenters. The molecule has 2 aliphatic rings. The average molecular weight is 660 g/mol. The molecule has 238 valence electrons. The summed E-state index contributed by atoms with van der Waals surface area (Å²) in [5.41, 5.74) is 9.04. The Kier molecular flexibility index (Phi) is 11.6. The number of hydrogen-bond acceptors (Lipinski definition) is 7. The molecule has 2 fully saturated rings. The zero-order chi connectivity index (χ0) is 32.1. The molecule has 1 aromatic heterocycles. The van der Waals surface area contributed by atoms with Crippen molar-refractivity contribution in [3.8, 4) is 22.4 Å². The number of halogens is 1. The molecule has 0 bridgehead atoms. The molecule has 3 aromatic rings. The van der Waals surface area contributed by atoms with Gasteiger partial charge in [0.2, 0.25) is 0 Å². The van der Waals surface area contributed by atoms with Crippen LogP contribution in [0, 0.1) is 18.8 Å². The largest absolute Gasteiger partial charge is 0.298 e. The predicted molar refractivity (Wildman–Crippen MR) is 197 cm³/mol. The van der Waals surface area contributed by atoms with E-state index >= 15 is 0 Å². The summed E-state index contributed by atoms with van der Waals surface area (Å²) in [4.78, 5) is 20.0. The third kappa shape index (κ3) is 7.60. The number of benzene rings is 2. The lowest BCUT2D eigenvalue weighted by molar-refractivity contribution is 0.0873. The quantitative estimate of drug-likeness (QED) is 0.110. The molecule has 0 spiro atoms. The molecular weight excluding hydrogens is 614 g/mol. The van der Waals surface area contributed by atoms with E-state index in [1.54, 1.807) is 23.5 Å². The molecule has 0 atom stereocenters. The van der Waals surface area contributed by atoms with Crippen molar-refractivity contribution in [3.63, 3.8) is 0 Å². The first-order valence-electron chi connectivity index (χ1n) is 16.0. The summed E-state index contributed by atoms with van der Waals surface area (Å²) in [6, 6.07) is 12.6. The molecule has 45 heavy (non-hydrogen) atoms. The van der Waals surface area contributed by atoms with Crippen LogP contribution in [0.25, 0.3) is 28.1 Å². The Morgan fingerprint density at radius 1 is 1.00 bits per heavy atom. The van der Waals surface area contributed by atoms with Crippen molar-refractivity contribution >= 4 is 45.9 Å². The SMILES string of the molecule is C=C(CN1CC(CC)C1)C(=N/C(=C\C)c1cccc(-c2cccc(-c3cnc(CN4CC(CC)C4)c(SC)n3)c2C)c1Cl)SC. The Morgan fingerprint density at radius 2 is 1.64 bits per heavy atom. The third-order valence-electron chi connectivity index (χ3n) is 9.18. The number of nitrogens with zero attached hydrogens (tertiary/aromatic N) is 5. The molecule has 2 saturated heterocycles. The van der Waals surface area contributed by atoms with Crippen LogP contribution in [0.15, 0.2) is 70.8 Å². The van der Waals surface area contributed by atoms with Gasteiger partial charge < -0.3 is 0 Å². The first-order chi connectivity index (χ1) is 21.8. The number of hydrogen-bond donors (Lipinski definition) is 0. The van der Waals surface area contributed by atoms with Crippen molar-refractivity contribution < 1.29 is 0 Å². The molecule has 0 amide bonds. The van der Waals surface area contributed by atoms with E-state index in [2.05, 4.69) is 86.1 Å². The van der Waals surface area contributed by atoms with Crippen molar-refractivity contribution in [2.45, 2.75) is 52.1 Å². The lowest BCUT2D eigenvalue weighted by Crippen LogP contribution is -2.47. The van der Waals surface area contributed by atoms with Gasteiger partial charge in [0, 0.05) is 56.0 Å². The normalized spacial score (nSPS) is 17.0. The highest BCUT2D eigenvalue weighted by Gasteiger charge is 2.27. The second-order valence-electron chi connectivity index (χ2n) is 12.2. The van der Waals surface area contributed by atoms with Crippen molar-refractivity contribution in [2.75, 3.05) is 45.2 Å². The van der Waals surface area contributed by atoms with Crippen LogP contribution in [0.4, 0.5) is 0 Å². The van der Waals surface area contributed by atoms with E-state index < -0.39 is 0 Å². The van der Waals surface area contributed by atoms with Gasteiger partial charge in [-0.2, -0.15) is 0 Å². The summed E-state index contributed by atoms with van der Waals surface area (Å²) in [6.07, 6.45) is 10.6. The second-order valence-corrected chi connectivity index (χ2v) is 14.2. The van der Waals surface area contributed by atoms with E-state index in [-0.39, 0.29) is 0 Å². The van der Waals surface area contributed by atoms with Crippen LogP contribution in [0.1, 0.15) is 50.4 Å². The van der Waals surface area contributed by atoms with Crippen LogP contribution in [-0.4, -0.2) is 70.0 Å². The predicted octanol–water partition coefficient (Wildman–Crippen LogP) is 9.36. The molecule has 5 rings (SSSR count). The third-order valence-corrected chi connectivity index (χ3v) is 11.1. The first kappa shape index (κ1) is 33.9. The number of likely N-dealkylation sites (tertiary alicyclic amines) is 2. The maximum Gasteiger partial charge on any atom is 0.119 e. The van der Waals surface area contributed by atoms with E-state index in [4.69, 9.17) is 26.6 Å². The summed E-state index contributed by atoms with van der Waals surface area (Å²) in [7, 11) is 0. The van der Waals surface area contributed by atoms with Crippen LogP contribution in [0.3, 0.4) is 0 Å². The van der Waals surface area contributed by atoms with E-state index in [1.165, 1.54) is 12.8 Å². The minimum Gasteiger partial charge on any atom is -0.298 e. The fraction of sp³-hybridized carbons (Fsp3) is 0.432. The topological polar surface area (TPSA) is 44.6 Å². The molecule has 8 heteroatoms. The van der Waals surface area contributed by atoms with Crippen molar-refractivity contribution in [1.29, 1.82) is 0 Å². The maximum absolute atomic E-state index is 7.21. The van der Waals surface area contributed by atoms with E-state index in [9.17, 15) is 0 Å². The highest BCUT2D eigenvalue weighted by molar-refractivity contribution is 8.13. The van der Waals surface area contributed by atoms with Gasteiger partial charge in [0.05, 0.1) is 28.3 Å². The highest BCUT2D eigenvalue weighted by Crippen LogP contribution is 2.39. The average Bonchev–Trinajstić information content (AvgIpc) is 3.01. The summed E-state index contributed by atoms with van der Waals surface area (Å²) in [5, 5.41) is 2.65. The number of allylic oxidation sites excluding steroid dienone is 1.